The summed E-state index contributed by atoms with van der Waals surface area (Å²) in [4.78, 5) is 26.8. The summed E-state index contributed by atoms with van der Waals surface area (Å²) in [7, 11) is 0. The van der Waals surface area contributed by atoms with Crippen LogP contribution in [0.15, 0.2) is 22.8 Å². The Morgan fingerprint density at radius 3 is 2.88 bits per heavy atom. The Morgan fingerprint density at radius 2 is 2.15 bits per heavy atom. The summed E-state index contributed by atoms with van der Waals surface area (Å²) in [6.45, 7) is 6.53. The molecule has 26 heavy (non-hydrogen) atoms. The number of aldehydes is 1. The molecule has 2 unspecified atom stereocenters. The van der Waals surface area contributed by atoms with Crippen LogP contribution >= 0.6 is 0 Å². The van der Waals surface area contributed by atoms with Crippen LogP contribution in [0.4, 0.5) is 0 Å². The fraction of sp³-hybridized carbons (Fsp3) is 0.600. The lowest BCUT2D eigenvalue weighted by atomic mass is 9.85. The fourth-order valence-corrected chi connectivity index (χ4v) is 3.71. The number of aliphatic imine (C=N–C) groups is 1. The predicted octanol–water partition coefficient (Wildman–Crippen LogP) is 3.38. The van der Waals surface area contributed by atoms with E-state index in [1.165, 1.54) is 17.4 Å². The van der Waals surface area contributed by atoms with Gasteiger partial charge in [-0.3, -0.25) is 9.48 Å². The molecule has 1 aromatic rings. The molecule has 0 radical (unpaired) electrons. The van der Waals surface area contributed by atoms with Gasteiger partial charge in [-0.2, -0.15) is 5.10 Å². The number of nitrogens with zero attached hydrogens (tertiary/aromatic N) is 3. The topological polar surface area (TPSA) is 73.5 Å². The van der Waals surface area contributed by atoms with E-state index < -0.39 is 11.5 Å². The average molecular weight is 357 g/mol. The molecule has 1 aliphatic carbocycles. The van der Waals surface area contributed by atoms with Gasteiger partial charge in [-0.1, -0.05) is 0 Å². The molecule has 0 spiro atoms. The van der Waals surface area contributed by atoms with Gasteiger partial charge >= 0.3 is 0 Å². The van der Waals surface area contributed by atoms with Gasteiger partial charge in [0.1, 0.15) is 11.9 Å². The number of allylic oxidation sites excluding steroid dienone is 1. The van der Waals surface area contributed by atoms with Crippen LogP contribution in [0.5, 0.6) is 0 Å². The zero-order valence-corrected chi connectivity index (χ0v) is 15.8. The van der Waals surface area contributed by atoms with Crippen molar-refractivity contribution in [3.8, 4) is 0 Å². The van der Waals surface area contributed by atoms with Crippen molar-refractivity contribution in [1.82, 2.24) is 9.78 Å². The van der Waals surface area contributed by atoms with E-state index in [-0.39, 0.29) is 12.3 Å². The molecule has 2 atom stereocenters. The molecule has 0 saturated heterocycles. The molecule has 0 fully saturated rings. The lowest BCUT2D eigenvalue weighted by Gasteiger charge is -2.34. The van der Waals surface area contributed by atoms with Crippen molar-refractivity contribution >= 4 is 24.0 Å². The highest BCUT2D eigenvalue weighted by Gasteiger charge is 2.38. The van der Waals surface area contributed by atoms with E-state index in [0.717, 1.165) is 37.7 Å². The molecule has 140 valence electrons. The van der Waals surface area contributed by atoms with Crippen molar-refractivity contribution in [3.63, 3.8) is 0 Å². The van der Waals surface area contributed by atoms with Crippen molar-refractivity contribution in [2.45, 2.75) is 64.5 Å². The Morgan fingerprint density at radius 1 is 1.38 bits per heavy atom. The van der Waals surface area contributed by atoms with E-state index in [4.69, 9.17) is 4.74 Å². The Labute approximate surface area is 154 Å². The summed E-state index contributed by atoms with van der Waals surface area (Å²) < 4.78 is 8.22. The number of aromatic nitrogens is 2. The van der Waals surface area contributed by atoms with Gasteiger partial charge in [0.05, 0.1) is 18.2 Å². The second-order valence-electron chi connectivity index (χ2n) is 7.62. The molecule has 0 N–H and O–H groups in total. The molecule has 1 amide bonds. The summed E-state index contributed by atoms with van der Waals surface area (Å²) in [5.41, 5.74) is 2.89. The Kier molecular flexibility index (Phi) is 5.51. The summed E-state index contributed by atoms with van der Waals surface area (Å²) in [5, 5.41) is 4.46. The number of ether oxygens (including phenoxy) is 1. The highest BCUT2D eigenvalue weighted by molar-refractivity contribution is 5.94. The standard InChI is InChI=1S/C20H27N3O3/c1-14(2)23-18(8-9-22-23)17-7-5-4-6-15(17)12-26-20(3)13-21-19(25)10-16(20)11-24/h8-9,11,13-14,16H,4-7,10,12H2,1-3H3. The second-order valence-corrected chi connectivity index (χ2v) is 7.62. The number of amides is 1. The number of hydrogen-bond acceptors (Lipinski definition) is 4. The van der Waals surface area contributed by atoms with E-state index in [9.17, 15) is 9.59 Å². The monoisotopic (exact) mass is 357 g/mol. The van der Waals surface area contributed by atoms with Gasteiger partial charge in [-0.05, 0) is 63.7 Å². The number of carbonyl (C=O) groups excluding carboxylic acids is 2. The van der Waals surface area contributed by atoms with Gasteiger partial charge in [0.15, 0.2) is 0 Å². The molecule has 1 aromatic heterocycles. The molecular weight excluding hydrogens is 330 g/mol. The van der Waals surface area contributed by atoms with E-state index in [2.05, 4.69) is 34.7 Å². The molecule has 6 nitrogen and oxygen atoms in total. The van der Waals surface area contributed by atoms with Crippen molar-refractivity contribution in [2.24, 2.45) is 10.9 Å². The van der Waals surface area contributed by atoms with Crippen molar-refractivity contribution in [1.29, 1.82) is 0 Å². The highest BCUT2D eigenvalue weighted by atomic mass is 16.5. The van der Waals surface area contributed by atoms with Gasteiger partial charge in [-0.25, -0.2) is 4.99 Å². The number of hydrogen-bond donors (Lipinski definition) is 0. The SMILES string of the molecule is CC(C)n1nccc1C1=C(COC2(C)C=NC(=O)CC2C=O)CCCC1. The molecule has 2 aliphatic rings. The minimum Gasteiger partial charge on any atom is -0.364 e. The first-order valence-corrected chi connectivity index (χ1v) is 9.36. The maximum Gasteiger partial charge on any atom is 0.246 e. The predicted molar refractivity (Wildman–Crippen MR) is 100 cm³/mol. The molecule has 0 bridgehead atoms. The third-order valence-electron chi connectivity index (χ3n) is 5.37. The van der Waals surface area contributed by atoms with Gasteiger partial charge < -0.3 is 9.53 Å². The van der Waals surface area contributed by atoms with Gasteiger partial charge in [0.2, 0.25) is 5.91 Å². The molecule has 0 aromatic carbocycles. The highest BCUT2D eigenvalue weighted by Crippen LogP contribution is 2.35. The normalized spacial score (nSPS) is 26.6. The van der Waals surface area contributed by atoms with Crippen molar-refractivity contribution in [3.05, 3.63) is 23.5 Å². The first-order chi connectivity index (χ1) is 12.4. The number of rotatable bonds is 6. The molecule has 2 heterocycles. The first-order valence-electron chi connectivity index (χ1n) is 9.36. The van der Waals surface area contributed by atoms with Crippen LogP contribution in [-0.2, 0) is 14.3 Å². The van der Waals surface area contributed by atoms with Crippen LogP contribution in [-0.4, -0.2) is 40.4 Å². The van der Waals surface area contributed by atoms with Crippen LogP contribution < -0.4 is 0 Å². The minimum atomic E-state index is -0.830. The van der Waals surface area contributed by atoms with E-state index in [0.29, 0.717) is 12.6 Å². The summed E-state index contributed by atoms with van der Waals surface area (Å²) in [6.07, 6.45) is 8.56. The Balaban J connectivity index is 1.85. The minimum absolute atomic E-state index is 0.114. The quantitative estimate of drug-likeness (QED) is 0.732. The molecular formula is C20H27N3O3. The largest absolute Gasteiger partial charge is 0.364 e. The van der Waals surface area contributed by atoms with Crippen LogP contribution in [0.25, 0.3) is 5.57 Å². The van der Waals surface area contributed by atoms with Gasteiger partial charge in [0, 0.05) is 24.9 Å². The lowest BCUT2D eigenvalue weighted by Crippen LogP contribution is -2.44. The summed E-state index contributed by atoms with van der Waals surface area (Å²) in [5.74, 6) is -0.747. The van der Waals surface area contributed by atoms with Crippen LogP contribution in [0.2, 0.25) is 0 Å². The van der Waals surface area contributed by atoms with Crippen LogP contribution in [0.1, 0.15) is 64.6 Å². The lowest BCUT2D eigenvalue weighted by molar-refractivity contribution is -0.129. The zero-order chi connectivity index (χ0) is 18.7. The van der Waals surface area contributed by atoms with Crippen LogP contribution in [0.3, 0.4) is 0 Å². The third kappa shape index (κ3) is 3.70. The smallest absolute Gasteiger partial charge is 0.246 e. The van der Waals surface area contributed by atoms with E-state index in [1.54, 1.807) is 0 Å². The van der Waals surface area contributed by atoms with Crippen molar-refractivity contribution < 1.29 is 14.3 Å². The van der Waals surface area contributed by atoms with E-state index >= 15 is 0 Å². The molecule has 3 rings (SSSR count). The molecule has 1 aliphatic heterocycles. The fourth-order valence-electron chi connectivity index (χ4n) is 3.71. The number of carbonyl (C=O) groups is 2. The summed E-state index contributed by atoms with van der Waals surface area (Å²) in [6, 6.07) is 2.36. The summed E-state index contributed by atoms with van der Waals surface area (Å²) >= 11 is 0. The first kappa shape index (κ1) is 18.7. The zero-order valence-electron chi connectivity index (χ0n) is 15.8. The van der Waals surface area contributed by atoms with Crippen molar-refractivity contribution in [2.75, 3.05) is 6.61 Å². The Bertz CT molecular complexity index is 747. The third-order valence-corrected chi connectivity index (χ3v) is 5.37. The van der Waals surface area contributed by atoms with Gasteiger partial charge in [-0.15, -0.1) is 0 Å². The molecule has 0 saturated carbocycles. The van der Waals surface area contributed by atoms with E-state index in [1.807, 2.05) is 13.1 Å². The second kappa shape index (κ2) is 7.66. The maximum absolute atomic E-state index is 11.5. The average Bonchev–Trinajstić information content (AvgIpc) is 3.12. The maximum atomic E-state index is 11.5. The molecule has 6 heteroatoms. The van der Waals surface area contributed by atoms with Crippen LogP contribution in [0, 0.1) is 5.92 Å². The van der Waals surface area contributed by atoms with Gasteiger partial charge in [0.25, 0.3) is 0 Å². The Hall–Kier alpha value is -2.08.